The Bertz CT molecular complexity index is 1290. The van der Waals surface area contributed by atoms with Gasteiger partial charge in [-0.15, -0.1) is 0 Å². The molecule has 34 heavy (non-hydrogen) atoms. The molecule has 0 atom stereocenters. The molecule has 0 bridgehead atoms. The third-order valence-corrected chi connectivity index (χ3v) is 5.79. The van der Waals surface area contributed by atoms with Gasteiger partial charge in [-0.3, -0.25) is 9.59 Å². The third kappa shape index (κ3) is 4.46. The van der Waals surface area contributed by atoms with Crippen LogP contribution in [0.1, 0.15) is 41.2 Å². The van der Waals surface area contributed by atoms with Crippen LogP contribution < -0.4 is 15.0 Å². The van der Waals surface area contributed by atoms with Crippen molar-refractivity contribution in [2.75, 3.05) is 16.8 Å². The van der Waals surface area contributed by atoms with Crippen LogP contribution in [0.15, 0.2) is 66.4 Å². The summed E-state index contributed by atoms with van der Waals surface area (Å²) < 4.78 is 5.88. The second-order valence-electron chi connectivity index (χ2n) is 8.83. The Balaban J connectivity index is 1.86. The van der Waals surface area contributed by atoms with Gasteiger partial charge in [0.25, 0.3) is 11.8 Å². The normalized spacial score (nSPS) is 13.6. The molecule has 3 aromatic rings. The van der Waals surface area contributed by atoms with Crippen molar-refractivity contribution in [2.24, 2.45) is 0 Å². The molecule has 1 aliphatic heterocycles. The number of ether oxygens (including phenoxy) is 1. The lowest BCUT2D eigenvalue weighted by atomic mass is 9.97. The fourth-order valence-corrected chi connectivity index (χ4v) is 4.38. The van der Waals surface area contributed by atoms with Gasteiger partial charge in [-0.1, -0.05) is 48.9 Å². The minimum Gasteiger partial charge on any atom is -0.491 e. The number of hydrogen-bond donors (Lipinski definition) is 1. The molecule has 0 aliphatic carbocycles. The Hall–Kier alpha value is -3.86. The Morgan fingerprint density at radius 2 is 1.53 bits per heavy atom. The minimum absolute atomic E-state index is 0.271. The molecule has 0 spiro atoms. The molecule has 3 aromatic carbocycles. The summed E-state index contributed by atoms with van der Waals surface area (Å²) in [5.41, 5.74) is 6.78. The van der Waals surface area contributed by atoms with Crippen LogP contribution in [0.2, 0.25) is 0 Å². The highest BCUT2D eigenvalue weighted by Gasteiger charge is 2.41. The van der Waals surface area contributed by atoms with E-state index >= 15 is 0 Å². The molecular weight excluding hydrogens is 424 g/mol. The molecule has 0 saturated carbocycles. The number of para-hydroxylation sites is 2. The van der Waals surface area contributed by atoms with Gasteiger partial charge in [0.2, 0.25) is 0 Å². The van der Waals surface area contributed by atoms with Crippen molar-refractivity contribution < 1.29 is 14.3 Å². The zero-order valence-corrected chi connectivity index (χ0v) is 20.4. The van der Waals surface area contributed by atoms with Crippen molar-refractivity contribution in [1.29, 1.82) is 0 Å². The smallest absolute Gasteiger partial charge is 0.282 e. The maximum atomic E-state index is 13.9. The lowest BCUT2D eigenvalue weighted by Crippen LogP contribution is -2.32. The molecule has 0 radical (unpaired) electrons. The average molecular weight is 455 g/mol. The van der Waals surface area contributed by atoms with E-state index in [0.29, 0.717) is 23.6 Å². The number of carbonyl (C=O) groups is 2. The largest absolute Gasteiger partial charge is 0.491 e. The lowest BCUT2D eigenvalue weighted by molar-refractivity contribution is -0.120. The predicted molar refractivity (Wildman–Crippen MR) is 137 cm³/mol. The zero-order valence-electron chi connectivity index (χ0n) is 20.4. The molecule has 0 fully saturated rings. The van der Waals surface area contributed by atoms with Crippen molar-refractivity contribution in [2.45, 2.75) is 41.0 Å². The van der Waals surface area contributed by atoms with Crippen LogP contribution in [0.5, 0.6) is 5.75 Å². The van der Waals surface area contributed by atoms with E-state index in [1.165, 1.54) is 4.90 Å². The molecule has 174 valence electrons. The van der Waals surface area contributed by atoms with Gasteiger partial charge >= 0.3 is 0 Å². The van der Waals surface area contributed by atoms with E-state index in [0.717, 1.165) is 39.9 Å². The molecule has 2 amide bonds. The van der Waals surface area contributed by atoms with Crippen LogP contribution in [-0.2, 0) is 9.59 Å². The topological polar surface area (TPSA) is 58.6 Å². The molecule has 1 heterocycles. The number of rotatable bonds is 7. The van der Waals surface area contributed by atoms with Crippen molar-refractivity contribution in [1.82, 2.24) is 0 Å². The van der Waals surface area contributed by atoms with E-state index in [1.807, 2.05) is 71.0 Å². The van der Waals surface area contributed by atoms with Gasteiger partial charge in [-0.25, -0.2) is 4.90 Å². The standard InChI is InChI=1S/C29H30N2O3/c1-6-13-34-25-10-8-7-9-24(25)31-28(32)26(23-12-11-18(2)15-21(23)5)27(29(31)33)30-22-16-19(3)14-20(4)17-22/h7-12,14-17,30H,6,13H2,1-5H3. The van der Waals surface area contributed by atoms with Crippen LogP contribution in [0, 0.1) is 27.7 Å². The number of anilines is 2. The van der Waals surface area contributed by atoms with Crippen molar-refractivity contribution in [3.8, 4) is 5.75 Å². The number of nitrogens with zero attached hydrogens (tertiary/aromatic N) is 1. The molecule has 5 nitrogen and oxygen atoms in total. The molecule has 4 rings (SSSR count). The van der Waals surface area contributed by atoms with E-state index < -0.39 is 5.91 Å². The Morgan fingerprint density at radius 3 is 2.21 bits per heavy atom. The maximum Gasteiger partial charge on any atom is 0.282 e. The van der Waals surface area contributed by atoms with Crippen molar-refractivity contribution >= 4 is 28.8 Å². The summed E-state index contributed by atoms with van der Waals surface area (Å²) in [4.78, 5) is 28.9. The SMILES string of the molecule is CCCOc1ccccc1N1C(=O)C(Nc2cc(C)cc(C)c2)=C(c2ccc(C)cc2C)C1=O. The zero-order chi connectivity index (χ0) is 24.4. The number of imide groups is 1. The lowest BCUT2D eigenvalue weighted by Gasteiger charge is -2.19. The summed E-state index contributed by atoms with van der Waals surface area (Å²) in [6.07, 6.45) is 0.821. The van der Waals surface area contributed by atoms with E-state index in [2.05, 4.69) is 11.4 Å². The van der Waals surface area contributed by atoms with Crippen molar-refractivity contribution in [3.05, 3.63) is 94.2 Å². The number of carbonyl (C=O) groups excluding carboxylic acids is 2. The summed E-state index contributed by atoms with van der Waals surface area (Å²) in [7, 11) is 0. The van der Waals surface area contributed by atoms with Gasteiger partial charge in [-0.2, -0.15) is 0 Å². The molecule has 0 aromatic heterocycles. The molecule has 5 heteroatoms. The van der Waals surface area contributed by atoms with Crippen LogP contribution in [0.3, 0.4) is 0 Å². The highest BCUT2D eigenvalue weighted by molar-refractivity contribution is 6.46. The first-order valence-electron chi connectivity index (χ1n) is 11.6. The minimum atomic E-state index is -0.397. The number of amides is 2. The van der Waals surface area contributed by atoms with Crippen LogP contribution in [-0.4, -0.2) is 18.4 Å². The second-order valence-corrected chi connectivity index (χ2v) is 8.83. The van der Waals surface area contributed by atoms with Crippen LogP contribution in [0.25, 0.3) is 5.57 Å². The molecular formula is C29H30N2O3. The first-order valence-corrected chi connectivity index (χ1v) is 11.6. The number of aryl methyl sites for hydroxylation is 4. The molecule has 0 saturated heterocycles. The summed E-state index contributed by atoms with van der Waals surface area (Å²) in [5, 5.41) is 3.28. The van der Waals surface area contributed by atoms with E-state index in [1.54, 1.807) is 18.2 Å². The Labute approximate surface area is 201 Å². The van der Waals surface area contributed by atoms with Gasteiger partial charge in [0.05, 0.1) is 17.9 Å². The quantitative estimate of drug-likeness (QED) is 0.438. The molecule has 1 N–H and O–H groups in total. The second kappa shape index (κ2) is 9.56. The highest BCUT2D eigenvalue weighted by atomic mass is 16.5. The Kier molecular flexibility index (Phi) is 6.55. The number of hydrogen-bond acceptors (Lipinski definition) is 4. The average Bonchev–Trinajstić information content (AvgIpc) is 3.01. The summed E-state index contributed by atoms with van der Waals surface area (Å²) >= 11 is 0. The summed E-state index contributed by atoms with van der Waals surface area (Å²) in [6.45, 7) is 10.5. The van der Waals surface area contributed by atoms with E-state index in [-0.39, 0.29) is 11.6 Å². The molecule has 0 unspecified atom stereocenters. The highest BCUT2D eigenvalue weighted by Crippen LogP contribution is 2.39. The van der Waals surface area contributed by atoms with Gasteiger partial charge in [-0.05, 0) is 80.6 Å². The van der Waals surface area contributed by atoms with E-state index in [4.69, 9.17) is 4.74 Å². The van der Waals surface area contributed by atoms with Gasteiger partial charge in [0.15, 0.2) is 0 Å². The monoisotopic (exact) mass is 454 g/mol. The molecule has 1 aliphatic rings. The van der Waals surface area contributed by atoms with Crippen molar-refractivity contribution in [3.63, 3.8) is 0 Å². The third-order valence-electron chi connectivity index (χ3n) is 5.79. The van der Waals surface area contributed by atoms with E-state index in [9.17, 15) is 9.59 Å². The maximum absolute atomic E-state index is 13.9. The van der Waals surface area contributed by atoms with Gasteiger partial charge in [0.1, 0.15) is 11.4 Å². The predicted octanol–water partition coefficient (Wildman–Crippen LogP) is 6.11. The van der Waals surface area contributed by atoms with Gasteiger partial charge in [0, 0.05) is 5.69 Å². The van der Waals surface area contributed by atoms with Gasteiger partial charge < -0.3 is 10.1 Å². The fourth-order valence-electron chi connectivity index (χ4n) is 4.38. The summed E-state index contributed by atoms with van der Waals surface area (Å²) in [5.74, 6) is -0.248. The Morgan fingerprint density at radius 1 is 0.824 bits per heavy atom. The first-order chi connectivity index (χ1) is 16.3. The number of benzene rings is 3. The summed E-state index contributed by atoms with van der Waals surface area (Å²) in [6, 6.07) is 19.1. The number of nitrogens with one attached hydrogen (secondary N) is 1. The van der Waals surface area contributed by atoms with Crippen LogP contribution in [0.4, 0.5) is 11.4 Å². The fraction of sp³-hybridized carbons (Fsp3) is 0.241. The first kappa shape index (κ1) is 23.3. The van der Waals surface area contributed by atoms with Crippen LogP contribution >= 0.6 is 0 Å².